The molecule has 0 atom stereocenters. The third kappa shape index (κ3) is 3.19. The van der Waals surface area contributed by atoms with Crippen LogP contribution in [0, 0.1) is 11.6 Å². The molecule has 0 aliphatic rings. The summed E-state index contributed by atoms with van der Waals surface area (Å²) in [4.78, 5) is 12.9. The lowest BCUT2D eigenvalue weighted by molar-refractivity contribution is 0.102. The molecule has 0 spiro atoms. The number of halogens is 3. The molecule has 0 bridgehead atoms. The third-order valence-corrected chi connectivity index (χ3v) is 4.01. The lowest BCUT2D eigenvalue weighted by atomic mass is 10.2. The molecule has 1 N–H and O–H groups in total. The maximum atomic E-state index is 13.7. The quantitative estimate of drug-likeness (QED) is 0.637. The van der Waals surface area contributed by atoms with Gasteiger partial charge in [-0.3, -0.25) is 4.79 Å². The van der Waals surface area contributed by atoms with E-state index in [4.69, 9.17) is 0 Å². The molecule has 0 unspecified atom stereocenters. The fraction of sp³-hybridized carbons (Fsp3) is 0.0714. The molecule has 0 radical (unpaired) electrons. The van der Waals surface area contributed by atoms with Crippen LogP contribution in [0.3, 0.4) is 0 Å². The van der Waals surface area contributed by atoms with Crippen LogP contribution in [-0.4, -0.2) is 12.2 Å². The van der Waals surface area contributed by atoms with E-state index >= 15 is 0 Å². The fourth-order valence-corrected chi connectivity index (χ4v) is 2.55. The van der Waals surface area contributed by atoms with Crippen molar-refractivity contribution in [1.29, 1.82) is 0 Å². The number of hydrogen-bond acceptors (Lipinski definition) is 2. The molecule has 20 heavy (non-hydrogen) atoms. The minimum absolute atomic E-state index is 0.0116. The van der Waals surface area contributed by atoms with Crippen LogP contribution in [0.4, 0.5) is 14.5 Å². The van der Waals surface area contributed by atoms with Crippen molar-refractivity contribution < 1.29 is 13.6 Å². The molecule has 0 heterocycles. The number of carbonyl (C=O) groups excluding carboxylic acids is 1. The molecule has 0 aliphatic carbocycles. The van der Waals surface area contributed by atoms with E-state index in [0.717, 1.165) is 17.0 Å². The minimum Gasteiger partial charge on any atom is -0.319 e. The van der Waals surface area contributed by atoms with Gasteiger partial charge in [0.25, 0.3) is 5.91 Å². The Balaban J connectivity index is 2.30. The predicted octanol–water partition coefficient (Wildman–Crippen LogP) is 4.70. The number of hydrogen-bond donors (Lipinski definition) is 1. The van der Waals surface area contributed by atoms with Crippen LogP contribution in [-0.2, 0) is 0 Å². The normalized spacial score (nSPS) is 10.4. The molecular formula is C14H10BrF2NOS. The topological polar surface area (TPSA) is 29.1 Å². The van der Waals surface area contributed by atoms with Crippen LogP contribution in [0.5, 0.6) is 0 Å². The van der Waals surface area contributed by atoms with Gasteiger partial charge in [-0.15, -0.1) is 11.8 Å². The van der Waals surface area contributed by atoms with Crippen LogP contribution in [0.2, 0.25) is 0 Å². The van der Waals surface area contributed by atoms with Gasteiger partial charge in [-0.25, -0.2) is 8.78 Å². The van der Waals surface area contributed by atoms with Gasteiger partial charge in [0.2, 0.25) is 0 Å². The van der Waals surface area contributed by atoms with Crippen LogP contribution >= 0.6 is 27.7 Å². The molecular weight excluding hydrogens is 348 g/mol. The largest absolute Gasteiger partial charge is 0.319 e. The van der Waals surface area contributed by atoms with E-state index in [1.165, 1.54) is 11.8 Å². The number of thioether (sulfide) groups is 1. The van der Waals surface area contributed by atoms with Gasteiger partial charge in [0, 0.05) is 11.0 Å². The zero-order valence-corrected chi connectivity index (χ0v) is 12.8. The number of rotatable bonds is 3. The number of anilines is 1. The Hall–Kier alpha value is -1.40. The second-order valence-electron chi connectivity index (χ2n) is 3.90. The van der Waals surface area contributed by atoms with Crippen LogP contribution in [0.25, 0.3) is 0 Å². The van der Waals surface area contributed by atoms with Crippen molar-refractivity contribution >= 4 is 39.3 Å². The first-order valence-electron chi connectivity index (χ1n) is 5.62. The number of nitrogens with one attached hydrogen (secondary N) is 1. The Labute approximate surface area is 127 Å². The number of carbonyl (C=O) groups is 1. The van der Waals surface area contributed by atoms with E-state index < -0.39 is 17.5 Å². The van der Waals surface area contributed by atoms with Gasteiger partial charge in [0.15, 0.2) is 0 Å². The summed E-state index contributed by atoms with van der Waals surface area (Å²) >= 11 is 4.29. The summed E-state index contributed by atoms with van der Waals surface area (Å²) in [6.07, 6.45) is 1.84. The molecule has 0 aliphatic heterocycles. The van der Waals surface area contributed by atoms with E-state index in [0.29, 0.717) is 5.56 Å². The SMILES string of the molecule is CSc1ccccc1C(=O)Nc1cc(F)c(Br)cc1F. The second kappa shape index (κ2) is 6.37. The fourth-order valence-electron chi connectivity index (χ4n) is 1.64. The highest BCUT2D eigenvalue weighted by Crippen LogP contribution is 2.25. The maximum Gasteiger partial charge on any atom is 0.256 e. The highest BCUT2D eigenvalue weighted by atomic mass is 79.9. The standard InChI is InChI=1S/C14H10BrF2NOS/c1-20-13-5-3-2-4-8(13)14(19)18-12-7-10(16)9(15)6-11(12)17/h2-7H,1H3,(H,18,19). The second-order valence-corrected chi connectivity index (χ2v) is 5.60. The molecule has 0 aromatic heterocycles. The third-order valence-electron chi connectivity index (χ3n) is 2.61. The highest BCUT2D eigenvalue weighted by Gasteiger charge is 2.14. The summed E-state index contributed by atoms with van der Waals surface area (Å²) in [6, 6.07) is 8.87. The van der Waals surface area contributed by atoms with Crippen molar-refractivity contribution in [1.82, 2.24) is 0 Å². The van der Waals surface area contributed by atoms with Crippen molar-refractivity contribution in [3.8, 4) is 0 Å². The summed E-state index contributed by atoms with van der Waals surface area (Å²) < 4.78 is 27.1. The summed E-state index contributed by atoms with van der Waals surface area (Å²) in [5.74, 6) is -1.82. The van der Waals surface area contributed by atoms with Crippen molar-refractivity contribution in [3.05, 3.63) is 58.1 Å². The lowest BCUT2D eigenvalue weighted by Crippen LogP contribution is -2.14. The predicted molar refractivity (Wildman–Crippen MR) is 80.2 cm³/mol. The Morgan fingerprint density at radius 2 is 1.90 bits per heavy atom. The Morgan fingerprint density at radius 3 is 2.60 bits per heavy atom. The summed E-state index contributed by atoms with van der Waals surface area (Å²) in [6.45, 7) is 0. The van der Waals surface area contributed by atoms with Crippen molar-refractivity contribution in [2.24, 2.45) is 0 Å². The molecule has 2 aromatic carbocycles. The van der Waals surface area contributed by atoms with Crippen LogP contribution in [0.1, 0.15) is 10.4 Å². The maximum absolute atomic E-state index is 13.7. The molecule has 104 valence electrons. The van der Waals surface area contributed by atoms with Gasteiger partial charge < -0.3 is 5.32 Å². The molecule has 6 heteroatoms. The molecule has 2 aromatic rings. The van der Waals surface area contributed by atoms with Gasteiger partial charge >= 0.3 is 0 Å². The number of benzene rings is 2. The first-order valence-corrected chi connectivity index (χ1v) is 7.63. The van der Waals surface area contributed by atoms with E-state index in [2.05, 4.69) is 21.2 Å². The summed E-state index contributed by atoms with van der Waals surface area (Å²) in [5, 5.41) is 2.38. The molecule has 0 saturated heterocycles. The Kier molecular flexibility index (Phi) is 4.77. The van der Waals surface area contributed by atoms with Gasteiger partial charge in [0.1, 0.15) is 11.6 Å². The monoisotopic (exact) mass is 357 g/mol. The zero-order valence-electron chi connectivity index (χ0n) is 10.4. The number of amides is 1. The van der Waals surface area contributed by atoms with E-state index in [1.807, 2.05) is 12.3 Å². The minimum atomic E-state index is -0.701. The van der Waals surface area contributed by atoms with E-state index in [1.54, 1.807) is 18.2 Å². The van der Waals surface area contributed by atoms with Gasteiger partial charge in [-0.1, -0.05) is 12.1 Å². The first kappa shape index (κ1) is 15.0. The smallest absolute Gasteiger partial charge is 0.256 e. The molecule has 1 amide bonds. The molecule has 2 nitrogen and oxygen atoms in total. The van der Waals surface area contributed by atoms with E-state index in [9.17, 15) is 13.6 Å². The van der Waals surface area contributed by atoms with Crippen molar-refractivity contribution in [2.75, 3.05) is 11.6 Å². The molecule has 2 rings (SSSR count). The van der Waals surface area contributed by atoms with Gasteiger partial charge in [-0.05, 0) is 40.4 Å². The van der Waals surface area contributed by atoms with Crippen molar-refractivity contribution in [2.45, 2.75) is 4.90 Å². The van der Waals surface area contributed by atoms with E-state index in [-0.39, 0.29) is 10.2 Å². The zero-order chi connectivity index (χ0) is 14.7. The average molecular weight is 358 g/mol. The van der Waals surface area contributed by atoms with Crippen LogP contribution < -0.4 is 5.32 Å². The Bertz CT molecular complexity index is 664. The Morgan fingerprint density at radius 1 is 1.20 bits per heavy atom. The van der Waals surface area contributed by atoms with Gasteiger partial charge in [-0.2, -0.15) is 0 Å². The summed E-state index contributed by atoms with van der Waals surface area (Å²) in [7, 11) is 0. The van der Waals surface area contributed by atoms with Crippen LogP contribution in [0.15, 0.2) is 45.8 Å². The molecule has 0 saturated carbocycles. The lowest BCUT2D eigenvalue weighted by Gasteiger charge is -2.10. The van der Waals surface area contributed by atoms with Crippen molar-refractivity contribution in [3.63, 3.8) is 0 Å². The first-order chi connectivity index (χ1) is 9.52. The highest BCUT2D eigenvalue weighted by molar-refractivity contribution is 9.10. The summed E-state index contributed by atoms with van der Waals surface area (Å²) in [5.41, 5.74) is 0.231. The van der Waals surface area contributed by atoms with Gasteiger partial charge in [0.05, 0.1) is 15.7 Å². The average Bonchev–Trinajstić information content (AvgIpc) is 2.44. The molecule has 0 fully saturated rings.